The van der Waals surface area contributed by atoms with Crippen LogP contribution in [-0.4, -0.2) is 30.0 Å². The van der Waals surface area contributed by atoms with Crippen LogP contribution < -0.4 is 5.32 Å². The van der Waals surface area contributed by atoms with Gasteiger partial charge < -0.3 is 10.4 Å². The van der Waals surface area contributed by atoms with E-state index in [0.717, 1.165) is 30.0 Å². The summed E-state index contributed by atoms with van der Waals surface area (Å²) in [7, 11) is 1.95. The molecule has 0 spiro atoms. The number of hydrogen-bond acceptors (Lipinski definition) is 3. The standard InChI is InChI=1S/C20H31ClN2O/c1-13-10-18(22-2)17(21)12-15(13)11-16-8-9-19(24)20(23-16)14-6-4-3-5-7-14/h8-9,13-15,19-20,22,24H,3-7,10-12H2,1-2H3. The Balaban J connectivity index is 1.68. The third-order valence-corrected chi connectivity index (χ3v) is 6.54. The molecule has 1 aliphatic heterocycles. The zero-order chi connectivity index (χ0) is 17.1. The number of nitrogens with zero attached hydrogens (tertiary/aromatic N) is 1. The summed E-state index contributed by atoms with van der Waals surface area (Å²) in [5.74, 6) is 1.70. The summed E-state index contributed by atoms with van der Waals surface area (Å²) in [6.45, 7) is 2.31. The molecule has 3 rings (SSSR count). The predicted octanol–water partition coefficient (Wildman–Crippen LogP) is 4.41. The van der Waals surface area contributed by atoms with Crippen LogP contribution in [0.3, 0.4) is 0 Å². The molecule has 3 aliphatic rings. The highest BCUT2D eigenvalue weighted by Gasteiger charge is 2.32. The molecule has 4 atom stereocenters. The second-order valence-corrected chi connectivity index (χ2v) is 8.30. The molecule has 4 unspecified atom stereocenters. The van der Waals surface area contributed by atoms with Gasteiger partial charge >= 0.3 is 0 Å². The van der Waals surface area contributed by atoms with Crippen LogP contribution in [0.4, 0.5) is 0 Å². The molecule has 0 amide bonds. The summed E-state index contributed by atoms with van der Waals surface area (Å²) in [4.78, 5) is 4.98. The average molecular weight is 351 g/mol. The molecule has 0 radical (unpaired) electrons. The number of allylic oxidation sites excluding steroid dienone is 3. The smallest absolute Gasteiger partial charge is 0.0950 e. The predicted molar refractivity (Wildman–Crippen MR) is 101 cm³/mol. The van der Waals surface area contributed by atoms with Gasteiger partial charge in [0.15, 0.2) is 0 Å². The van der Waals surface area contributed by atoms with Crippen molar-refractivity contribution in [2.45, 2.75) is 70.4 Å². The Morgan fingerprint density at radius 2 is 2.00 bits per heavy atom. The van der Waals surface area contributed by atoms with Gasteiger partial charge in [-0.2, -0.15) is 0 Å². The Kier molecular flexibility index (Phi) is 6.04. The number of aliphatic hydroxyl groups is 1. The van der Waals surface area contributed by atoms with Gasteiger partial charge in [0.1, 0.15) is 0 Å². The average Bonchev–Trinajstić information content (AvgIpc) is 2.60. The van der Waals surface area contributed by atoms with Crippen molar-refractivity contribution >= 4 is 17.3 Å². The van der Waals surface area contributed by atoms with Gasteiger partial charge in [0.25, 0.3) is 0 Å². The number of rotatable bonds is 4. The fourth-order valence-electron chi connectivity index (χ4n) is 4.55. The third kappa shape index (κ3) is 4.05. The van der Waals surface area contributed by atoms with Crippen molar-refractivity contribution in [3.8, 4) is 0 Å². The van der Waals surface area contributed by atoms with E-state index in [1.54, 1.807) is 0 Å². The van der Waals surface area contributed by atoms with Gasteiger partial charge in [0, 0.05) is 23.5 Å². The minimum absolute atomic E-state index is 0.0723. The van der Waals surface area contributed by atoms with Crippen molar-refractivity contribution in [2.75, 3.05) is 7.05 Å². The topological polar surface area (TPSA) is 44.6 Å². The Bertz CT molecular complexity index is 534. The monoisotopic (exact) mass is 350 g/mol. The molecule has 1 fully saturated rings. The normalized spacial score (nSPS) is 35.1. The Hall–Kier alpha value is -0.800. The van der Waals surface area contributed by atoms with Gasteiger partial charge in [-0.15, -0.1) is 0 Å². The summed E-state index contributed by atoms with van der Waals surface area (Å²) in [5.41, 5.74) is 2.35. The van der Waals surface area contributed by atoms with Gasteiger partial charge in [0.05, 0.1) is 12.1 Å². The molecular weight excluding hydrogens is 320 g/mol. The highest BCUT2D eigenvalue weighted by molar-refractivity contribution is 6.30. The second kappa shape index (κ2) is 8.05. The molecule has 0 bridgehead atoms. The number of aliphatic hydroxyl groups excluding tert-OH is 1. The molecule has 1 saturated carbocycles. The summed E-state index contributed by atoms with van der Waals surface area (Å²) in [5, 5.41) is 14.6. The Labute approximate surface area is 151 Å². The largest absolute Gasteiger partial charge is 0.390 e. The van der Waals surface area contributed by atoms with Crippen LogP contribution in [0, 0.1) is 17.8 Å². The maximum absolute atomic E-state index is 10.4. The van der Waals surface area contributed by atoms with Gasteiger partial charge in [-0.1, -0.05) is 43.9 Å². The third-order valence-electron chi connectivity index (χ3n) is 6.16. The highest BCUT2D eigenvalue weighted by Crippen LogP contribution is 2.38. The van der Waals surface area contributed by atoms with Crippen LogP contribution in [0.1, 0.15) is 58.3 Å². The molecule has 134 valence electrons. The lowest BCUT2D eigenvalue weighted by molar-refractivity contribution is 0.141. The number of dihydropyridines is 1. The van der Waals surface area contributed by atoms with E-state index in [4.69, 9.17) is 16.6 Å². The molecule has 2 N–H and O–H groups in total. The minimum Gasteiger partial charge on any atom is -0.390 e. The van der Waals surface area contributed by atoms with Crippen molar-refractivity contribution < 1.29 is 5.11 Å². The molecule has 0 aromatic heterocycles. The van der Waals surface area contributed by atoms with E-state index in [1.165, 1.54) is 37.8 Å². The summed E-state index contributed by atoms with van der Waals surface area (Å²) < 4.78 is 0. The van der Waals surface area contributed by atoms with Crippen molar-refractivity contribution in [1.29, 1.82) is 0 Å². The molecule has 0 aromatic carbocycles. The van der Waals surface area contributed by atoms with Gasteiger partial charge in [-0.3, -0.25) is 4.99 Å². The van der Waals surface area contributed by atoms with Crippen LogP contribution in [-0.2, 0) is 0 Å². The number of hydrogen-bond donors (Lipinski definition) is 2. The molecule has 24 heavy (non-hydrogen) atoms. The molecule has 0 aromatic rings. The quantitative estimate of drug-likeness (QED) is 0.788. The zero-order valence-electron chi connectivity index (χ0n) is 15.0. The van der Waals surface area contributed by atoms with E-state index < -0.39 is 6.10 Å². The first-order valence-corrected chi connectivity index (χ1v) is 9.94. The van der Waals surface area contributed by atoms with Crippen LogP contribution >= 0.6 is 11.6 Å². The SMILES string of the molecule is CNC1=C(Cl)CC(CC2=NC(C3CCCCC3)C(O)C=C2)C(C)C1. The maximum atomic E-state index is 10.4. The zero-order valence-corrected chi connectivity index (χ0v) is 15.7. The lowest BCUT2D eigenvalue weighted by atomic mass is 9.78. The number of aliphatic imine (C=N–C) groups is 1. The van der Waals surface area contributed by atoms with Crippen molar-refractivity contribution in [3.05, 3.63) is 22.9 Å². The van der Waals surface area contributed by atoms with Gasteiger partial charge in [-0.25, -0.2) is 0 Å². The first kappa shape index (κ1) is 18.0. The molecule has 0 saturated heterocycles. The van der Waals surface area contributed by atoms with E-state index in [-0.39, 0.29) is 6.04 Å². The lowest BCUT2D eigenvalue weighted by Gasteiger charge is -2.34. The fraction of sp³-hybridized carbons (Fsp3) is 0.750. The minimum atomic E-state index is -0.403. The Morgan fingerprint density at radius 3 is 2.71 bits per heavy atom. The van der Waals surface area contributed by atoms with Gasteiger partial charge in [0.2, 0.25) is 0 Å². The second-order valence-electron chi connectivity index (χ2n) is 7.84. The molecule has 4 heteroatoms. The van der Waals surface area contributed by atoms with Crippen LogP contribution in [0.25, 0.3) is 0 Å². The summed E-state index contributed by atoms with van der Waals surface area (Å²) in [6.07, 6.45) is 12.9. The van der Waals surface area contributed by atoms with E-state index in [1.807, 2.05) is 19.2 Å². The molecule has 3 nitrogen and oxygen atoms in total. The van der Waals surface area contributed by atoms with Gasteiger partial charge in [-0.05, 0) is 55.9 Å². The molecule has 2 aliphatic carbocycles. The molecule has 1 heterocycles. The van der Waals surface area contributed by atoms with Crippen molar-refractivity contribution in [2.24, 2.45) is 22.7 Å². The summed E-state index contributed by atoms with van der Waals surface area (Å²) >= 11 is 6.45. The maximum Gasteiger partial charge on any atom is 0.0950 e. The van der Waals surface area contributed by atoms with Crippen LogP contribution in [0.15, 0.2) is 27.9 Å². The van der Waals surface area contributed by atoms with E-state index in [2.05, 4.69) is 12.2 Å². The fourth-order valence-corrected chi connectivity index (χ4v) is 4.92. The van der Waals surface area contributed by atoms with Crippen molar-refractivity contribution in [1.82, 2.24) is 5.32 Å². The van der Waals surface area contributed by atoms with E-state index >= 15 is 0 Å². The van der Waals surface area contributed by atoms with E-state index in [0.29, 0.717) is 17.8 Å². The molecular formula is C20H31ClN2O. The van der Waals surface area contributed by atoms with Crippen LogP contribution in [0.2, 0.25) is 0 Å². The van der Waals surface area contributed by atoms with Crippen LogP contribution in [0.5, 0.6) is 0 Å². The number of nitrogens with one attached hydrogen (secondary N) is 1. The number of halogens is 1. The highest BCUT2D eigenvalue weighted by atomic mass is 35.5. The lowest BCUT2D eigenvalue weighted by Crippen LogP contribution is -2.35. The van der Waals surface area contributed by atoms with Crippen molar-refractivity contribution in [3.63, 3.8) is 0 Å². The first-order chi connectivity index (χ1) is 11.6. The van der Waals surface area contributed by atoms with E-state index in [9.17, 15) is 5.11 Å². The first-order valence-electron chi connectivity index (χ1n) is 9.56. The summed E-state index contributed by atoms with van der Waals surface area (Å²) in [6, 6.07) is 0.0723. The Morgan fingerprint density at radius 1 is 1.25 bits per heavy atom.